The molecule has 0 saturated heterocycles. The quantitative estimate of drug-likeness (QED) is 0.750. The van der Waals surface area contributed by atoms with E-state index in [1.165, 1.54) is 0 Å². The van der Waals surface area contributed by atoms with Crippen LogP contribution in [0.4, 0.5) is 0 Å². The molecule has 0 saturated carbocycles. The van der Waals surface area contributed by atoms with Crippen molar-refractivity contribution in [2.24, 2.45) is 0 Å². The predicted octanol–water partition coefficient (Wildman–Crippen LogP) is 1.27. The number of aromatic nitrogens is 4. The molecule has 6 nitrogen and oxygen atoms in total. The minimum Gasteiger partial charge on any atom is -0.388 e. The Hall–Kier alpha value is -2.21. The second-order valence-corrected chi connectivity index (χ2v) is 4.00. The summed E-state index contributed by atoms with van der Waals surface area (Å²) in [6.45, 7) is 2.06. The van der Waals surface area contributed by atoms with E-state index in [1.54, 1.807) is 6.92 Å². The zero-order valence-electron chi connectivity index (χ0n) is 9.87. The van der Waals surface area contributed by atoms with Gasteiger partial charge in [-0.05, 0) is 19.1 Å². The van der Waals surface area contributed by atoms with Crippen molar-refractivity contribution in [3.05, 3.63) is 41.8 Å². The standard InChI is InChI=1S/C12H12N4O2/c1-8-13-12(18-15-8)6-16-10-5-3-2-4-9(10)14-11(16)7-17/h2-5,17H,6-7H2,1H3. The first kappa shape index (κ1) is 10.9. The smallest absolute Gasteiger partial charge is 0.246 e. The lowest BCUT2D eigenvalue weighted by molar-refractivity contribution is 0.265. The van der Waals surface area contributed by atoms with Gasteiger partial charge in [0.2, 0.25) is 5.89 Å². The van der Waals surface area contributed by atoms with Crippen LogP contribution in [-0.4, -0.2) is 24.8 Å². The van der Waals surface area contributed by atoms with Crippen LogP contribution in [-0.2, 0) is 13.2 Å². The number of hydrogen-bond acceptors (Lipinski definition) is 5. The molecule has 0 spiro atoms. The topological polar surface area (TPSA) is 77.0 Å². The van der Waals surface area contributed by atoms with E-state index < -0.39 is 0 Å². The molecule has 2 heterocycles. The highest BCUT2D eigenvalue weighted by molar-refractivity contribution is 5.75. The van der Waals surface area contributed by atoms with E-state index in [1.807, 2.05) is 28.8 Å². The molecule has 0 unspecified atom stereocenters. The third kappa shape index (κ3) is 1.76. The molecule has 0 bridgehead atoms. The van der Waals surface area contributed by atoms with E-state index in [0.29, 0.717) is 24.1 Å². The number of aliphatic hydroxyl groups is 1. The van der Waals surface area contributed by atoms with Gasteiger partial charge in [-0.3, -0.25) is 0 Å². The molecule has 0 aliphatic carbocycles. The van der Waals surface area contributed by atoms with Crippen molar-refractivity contribution >= 4 is 11.0 Å². The van der Waals surface area contributed by atoms with Crippen molar-refractivity contribution in [2.45, 2.75) is 20.1 Å². The Morgan fingerprint density at radius 1 is 1.28 bits per heavy atom. The number of fused-ring (bicyclic) bond motifs is 1. The Bertz CT molecular complexity index is 686. The highest BCUT2D eigenvalue weighted by Gasteiger charge is 2.12. The van der Waals surface area contributed by atoms with Crippen LogP contribution in [0.3, 0.4) is 0 Å². The summed E-state index contributed by atoms with van der Waals surface area (Å²) in [4.78, 5) is 8.52. The molecule has 0 fully saturated rings. The van der Waals surface area contributed by atoms with Gasteiger partial charge < -0.3 is 14.2 Å². The van der Waals surface area contributed by atoms with Crippen LogP contribution in [0.2, 0.25) is 0 Å². The molecule has 0 aliphatic rings. The normalized spacial score (nSPS) is 11.2. The summed E-state index contributed by atoms with van der Waals surface area (Å²) >= 11 is 0. The Morgan fingerprint density at radius 3 is 2.83 bits per heavy atom. The fourth-order valence-electron chi connectivity index (χ4n) is 1.96. The van der Waals surface area contributed by atoms with Gasteiger partial charge in [-0.25, -0.2) is 4.98 Å². The number of aliphatic hydroxyl groups excluding tert-OH is 1. The van der Waals surface area contributed by atoms with E-state index in [-0.39, 0.29) is 6.61 Å². The van der Waals surface area contributed by atoms with Crippen molar-refractivity contribution in [1.29, 1.82) is 0 Å². The summed E-state index contributed by atoms with van der Waals surface area (Å²) < 4.78 is 6.97. The lowest BCUT2D eigenvalue weighted by Gasteiger charge is -2.03. The van der Waals surface area contributed by atoms with Crippen LogP contribution in [0.15, 0.2) is 28.8 Å². The van der Waals surface area contributed by atoms with Gasteiger partial charge >= 0.3 is 0 Å². The maximum atomic E-state index is 9.35. The summed E-state index contributed by atoms with van der Waals surface area (Å²) in [6, 6.07) is 7.70. The van der Waals surface area contributed by atoms with Gasteiger partial charge in [0.05, 0.1) is 11.0 Å². The highest BCUT2D eigenvalue weighted by Crippen LogP contribution is 2.17. The Kier molecular flexibility index (Phi) is 2.56. The van der Waals surface area contributed by atoms with Crippen molar-refractivity contribution in [2.75, 3.05) is 0 Å². The molecule has 1 aromatic carbocycles. The summed E-state index contributed by atoms with van der Waals surface area (Å²) in [7, 11) is 0. The van der Waals surface area contributed by atoms with Gasteiger partial charge in [-0.2, -0.15) is 4.98 Å². The van der Waals surface area contributed by atoms with E-state index in [9.17, 15) is 5.11 Å². The lowest BCUT2D eigenvalue weighted by Crippen LogP contribution is -2.05. The monoisotopic (exact) mass is 244 g/mol. The number of para-hydroxylation sites is 2. The molecule has 3 rings (SSSR count). The van der Waals surface area contributed by atoms with Crippen LogP contribution in [0.25, 0.3) is 11.0 Å². The average molecular weight is 244 g/mol. The van der Waals surface area contributed by atoms with Gasteiger partial charge in [-0.15, -0.1) is 0 Å². The molecule has 3 aromatic rings. The summed E-state index contributed by atoms with van der Waals surface area (Å²) in [5, 5.41) is 13.1. The maximum Gasteiger partial charge on any atom is 0.246 e. The number of nitrogens with zero attached hydrogens (tertiary/aromatic N) is 4. The summed E-state index contributed by atoms with van der Waals surface area (Å²) in [6.07, 6.45) is 0. The first-order chi connectivity index (χ1) is 8.78. The number of hydrogen-bond donors (Lipinski definition) is 1. The van der Waals surface area contributed by atoms with Crippen LogP contribution >= 0.6 is 0 Å². The largest absolute Gasteiger partial charge is 0.388 e. The predicted molar refractivity (Wildman–Crippen MR) is 63.8 cm³/mol. The molecule has 0 radical (unpaired) electrons. The van der Waals surface area contributed by atoms with Crippen LogP contribution in [0.1, 0.15) is 17.5 Å². The maximum absolute atomic E-state index is 9.35. The highest BCUT2D eigenvalue weighted by atomic mass is 16.5. The van der Waals surface area contributed by atoms with Gasteiger partial charge in [0.15, 0.2) is 5.82 Å². The Balaban J connectivity index is 2.09. The van der Waals surface area contributed by atoms with E-state index in [4.69, 9.17) is 4.52 Å². The van der Waals surface area contributed by atoms with Gasteiger partial charge in [0, 0.05) is 0 Å². The van der Waals surface area contributed by atoms with E-state index in [0.717, 1.165) is 11.0 Å². The molecule has 0 atom stereocenters. The second-order valence-electron chi connectivity index (χ2n) is 4.00. The molecule has 0 aliphatic heterocycles. The van der Waals surface area contributed by atoms with Crippen molar-refractivity contribution in [3.63, 3.8) is 0 Å². The Labute approximate surface area is 103 Å². The molecule has 6 heteroatoms. The molecular weight excluding hydrogens is 232 g/mol. The first-order valence-electron chi connectivity index (χ1n) is 5.62. The fraction of sp³-hybridized carbons (Fsp3) is 0.250. The molecular formula is C12H12N4O2. The fourth-order valence-corrected chi connectivity index (χ4v) is 1.96. The van der Waals surface area contributed by atoms with E-state index in [2.05, 4.69) is 15.1 Å². The van der Waals surface area contributed by atoms with E-state index >= 15 is 0 Å². The third-order valence-electron chi connectivity index (χ3n) is 2.74. The van der Waals surface area contributed by atoms with Gasteiger partial charge in [0.25, 0.3) is 0 Å². The SMILES string of the molecule is Cc1noc(Cn2c(CO)nc3ccccc32)n1. The third-order valence-corrected chi connectivity index (χ3v) is 2.74. The van der Waals surface area contributed by atoms with Gasteiger partial charge in [0.1, 0.15) is 19.0 Å². The number of aryl methyl sites for hydroxylation is 1. The number of imidazole rings is 1. The Morgan fingerprint density at radius 2 is 2.11 bits per heavy atom. The van der Waals surface area contributed by atoms with Crippen LogP contribution in [0.5, 0.6) is 0 Å². The number of benzene rings is 1. The van der Waals surface area contributed by atoms with Crippen LogP contribution in [0, 0.1) is 6.92 Å². The van der Waals surface area contributed by atoms with Gasteiger partial charge in [-0.1, -0.05) is 17.3 Å². The molecule has 1 N–H and O–H groups in total. The minimum absolute atomic E-state index is 0.123. The van der Waals surface area contributed by atoms with Crippen LogP contribution < -0.4 is 0 Å². The lowest BCUT2D eigenvalue weighted by atomic mass is 10.3. The minimum atomic E-state index is -0.123. The van der Waals surface area contributed by atoms with Crippen molar-refractivity contribution in [1.82, 2.24) is 19.7 Å². The zero-order chi connectivity index (χ0) is 12.5. The molecule has 0 amide bonds. The van der Waals surface area contributed by atoms with Crippen molar-refractivity contribution in [3.8, 4) is 0 Å². The second kappa shape index (κ2) is 4.23. The number of rotatable bonds is 3. The molecule has 2 aromatic heterocycles. The summed E-state index contributed by atoms with van der Waals surface area (Å²) in [5.74, 6) is 1.69. The summed E-state index contributed by atoms with van der Waals surface area (Å²) in [5.41, 5.74) is 1.79. The van der Waals surface area contributed by atoms with Crippen molar-refractivity contribution < 1.29 is 9.63 Å². The average Bonchev–Trinajstić information content (AvgIpc) is 2.94. The molecule has 18 heavy (non-hydrogen) atoms. The molecule has 92 valence electrons. The zero-order valence-corrected chi connectivity index (χ0v) is 9.87. The first-order valence-corrected chi connectivity index (χ1v) is 5.62.